The van der Waals surface area contributed by atoms with Crippen LogP contribution in [0, 0.1) is 17.7 Å². The molecule has 1 saturated carbocycles. The minimum atomic E-state index is -3.74. The average Bonchev–Trinajstić information content (AvgIpc) is 2.75. The summed E-state index contributed by atoms with van der Waals surface area (Å²) in [6.45, 7) is 4.02. The fourth-order valence-electron chi connectivity index (χ4n) is 4.24. The Morgan fingerprint density at radius 1 is 1.10 bits per heavy atom. The van der Waals surface area contributed by atoms with Gasteiger partial charge in [-0.25, -0.2) is 12.8 Å². The summed E-state index contributed by atoms with van der Waals surface area (Å²) in [6.07, 6.45) is 4.02. The van der Waals surface area contributed by atoms with Crippen LogP contribution in [-0.4, -0.2) is 49.8 Å². The number of carbonyl (C=O) groups excluding carboxylic acids is 2. The van der Waals surface area contributed by atoms with E-state index in [1.54, 1.807) is 6.92 Å². The van der Waals surface area contributed by atoms with Crippen molar-refractivity contribution in [2.75, 3.05) is 13.1 Å². The second-order valence-corrected chi connectivity index (χ2v) is 10.5. The maximum Gasteiger partial charge on any atom is 0.309 e. The maximum absolute atomic E-state index is 13.1. The summed E-state index contributed by atoms with van der Waals surface area (Å²) in [6, 6.07) is 4.80. The number of nitrogens with zero attached hydrogens (tertiary/aromatic N) is 1. The van der Waals surface area contributed by atoms with E-state index in [0.29, 0.717) is 18.8 Å². The minimum Gasteiger partial charge on any atom is -0.452 e. The molecular weight excluding hydrogens is 423 g/mol. The number of halogens is 1. The number of esters is 1. The first-order chi connectivity index (χ1) is 14.7. The van der Waals surface area contributed by atoms with E-state index in [1.807, 2.05) is 0 Å². The van der Waals surface area contributed by atoms with E-state index in [1.165, 1.54) is 22.9 Å². The van der Waals surface area contributed by atoms with Crippen molar-refractivity contribution >= 4 is 21.9 Å². The van der Waals surface area contributed by atoms with Crippen LogP contribution in [0.15, 0.2) is 29.2 Å². The standard InChI is InChI=1S/C22H31FN2O5S/c1-15-5-3-4-6-20(15)24-21(26)16(2)30-22(27)17-11-13-25(14-12-17)31(28,29)19-9-7-18(23)8-10-19/h7-10,15-17,20H,3-6,11-14H2,1-2H3,(H,24,26)/t15-,16+,20-/m1/s1. The van der Waals surface area contributed by atoms with Crippen molar-refractivity contribution in [1.29, 1.82) is 0 Å². The molecular formula is C22H31FN2O5S. The normalized spacial score (nSPS) is 24.4. The highest BCUT2D eigenvalue weighted by Crippen LogP contribution is 2.26. The Bertz CT molecular complexity index is 882. The van der Waals surface area contributed by atoms with E-state index in [-0.39, 0.29) is 29.9 Å². The number of sulfonamides is 1. The molecule has 1 aliphatic carbocycles. The van der Waals surface area contributed by atoms with Crippen LogP contribution in [0.3, 0.4) is 0 Å². The summed E-state index contributed by atoms with van der Waals surface area (Å²) >= 11 is 0. The molecule has 0 bridgehead atoms. The molecule has 0 spiro atoms. The predicted octanol–water partition coefficient (Wildman–Crippen LogP) is 2.85. The van der Waals surface area contributed by atoms with Crippen LogP contribution in [0.25, 0.3) is 0 Å². The van der Waals surface area contributed by atoms with Crippen LogP contribution in [0.4, 0.5) is 4.39 Å². The maximum atomic E-state index is 13.1. The van der Waals surface area contributed by atoms with E-state index in [4.69, 9.17) is 4.74 Å². The van der Waals surface area contributed by atoms with Crippen molar-refractivity contribution in [3.05, 3.63) is 30.1 Å². The lowest BCUT2D eigenvalue weighted by atomic mass is 9.86. The predicted molar refractivity (Wildman–Crippen MR) is 113 cm³/mol. The summed E-state index contributed by atoms with van der Waals surface area (Å²) in [7, 11) is -3.74. The molecule has 2 fully saturated rings. The molecule has 0 unspecified atom stereocenters. The van der Waals surface area contributed by atoms with Crippen LogP contribution >= 0.6 is 0 Å². The number of amides is 1. The van der Waals surface area contributed by atoms with Gasteiger partial charge in [0.15, 0.2) is 6.10 Å². The second-order valence-electron chi connectivity index (χ2n) is 8.59. The van der Waals surface area contributed by atoms with Gasteiger partial charge >= 0.3 is 5.97 Å². The lowest BCUT2D eigenvalue weighted by Gasteiger charge is -2.32. The van der Waals surface area contributed by atoms with Gasteiger partial charge in [0.05, 0.1) is 10.8 Å². The van der Waals surface area contributed by atoms with E-state index >= 15 is 0 Å². The van der Waals surface area contributed by atoms with E-state index in [2.05, 4.69) is 12.2 Å². The fraction of sp³-hybridized carbons (Fsp3) is 0.636. The highest BCUT2D eigenvalue weighted by atomic mass is 32.2. The molecule has 31 heavy (non-hydrogen) atoms. The van der Waals surface area contributed by atoms with Crippen LogP contribution in [0.2, 0.25) is 0 Å². The summed E-state index contributed by atoms with van der Waals surface area (Å²) in [5, 5.41) is 3.00. The first-order valence-corrected chi connectivity index (χ1v) is 12.4. The number of hydrogen-bond acceptors (Lipinski definition) is 5. The highest BCUT2D eigenvalue weighted by molar-refractivity contribution is 7.89. The van der Waals surface area contributed by atoms with Crippen LogP contribution in [-0.2, 0) is 24.3 Å². The largest absolute Gasteiger partial charge is 0.452 e. The quantitative estimate of drug-likeness (QED) is 0.668. The van der Waals surface area contributed by atoms with Crippen LogP contribution in [0.1, 0.15) is 52.4 Å². The smallest absolute Gasteiger partial charge is 0.309 e. The van der Waals surface area contributed by atoms with Crippen molar-refractivity contribution in [2.24, 2.45) is 11.8 Å². The van der Waals surface area contributed by atoms with Crippen molar-refractivity contribution < 1.29 is 27.1 Å². The number of nitrogens with one attached hydrogen (secondary N) is 1. The van der Waals surface area contributed by atoms with Gasteiger partial charge in [-0.05, 0) is 62.8 Å². The minimum absolute atomic E-state index is 0.0251. The highest BCUT2D eigenvalue weighted by Gasteiger charge is 2.34. The fourth-order valence-corrected chi connectivity index (χ4v) is 5.71. The van der Waals surface area contributed by atoms with Crippen LogP contribution in [0.5, 0.6) is 0 Å². The Balaban J connectivity index is 1.49. The number of piperidine rings is 1. The van der Waals surface area contributed by atoms with Gasteiger partial charge in [-0.3, -0.25) is 9.59 Å². The van der Waals surface area contributed by atoms with Crippen molar-refractivity contribution in [3.8, 4) is 0 Å². The molecule has 1 heterocycles. The molecule has 172 valence electrons. The zero-order valence-corrected chi connectivity index (χ0v) is 18.9. The molecule has 1 saturated heterocycles. The number of hydrogen-bond donors (Lipinski definition) is 1. The van der Waals surface area contributed by atoms with Crippen molar-refractivity contribution in [2.45, 2.75) is 69.4 Å². The van der Waals surface area contributed by atoms with Gasteiger partial charge in [-0.2, -0.15) is 4.31 Å². The third-order valence-electron chi connectivity index (χ3n) is 6.34. The zero-order chi connectivity index (χ0) is 22.6. The number of carbonyl (C=O) groups is 2. The summed E-state index contributed by atoms with van der Waals surface area (Å²) < 4.78 is 45.1. The molecule has 1 amide bonds. The molecule has 7 nitrogen and oxygen atoms in total. The Labute approximate surface area is 183 Å². The lowest BCUT2D eigenvalue weighted by Crippen LogP contribution is -2.47. The van der Waals surface area contributed by atoms with Gasteiger partial charge < -0.3 is 10.1 Å². The third kappa shape index (κ3) is 5.83. The first kappa shape index (κ1) is 23.7. The molecule has 2 aliphatic rings. The number of rotatable bonds is 6. The van der Waals surface area contributed by atoms with Gasteiger partial charge in [-0.1, -0.05) is 19.8 Å². The Kier molecular flexibility index (Phi) is 7.69. The molecule has 1 N–H and O–H groups in total. The Morgan fingerprint density at radius 3 is 2.32 bits per heavy atom. The van der Waals surface area contributed by atoms with Crippen molar-refractivity contribution in [1.82, 2.24) is 9.62 Å². The third-order valence-corrected chi connectivity index (χ3v) is 8.25. The molecule has 0 radical (unpaired) electrons. The van der Waals surface area contributed by atoms with Crippen molar-refractivity contribution in [3.63, 3.8) is 0 Å². The molecule has 0 aromatic heterocycles. The lowest BCUT2D eigenvalue weighted by molar-refractivity contribution is -0.160. The summed E-state index contributed by atoms with van der Waals surface area (Å²) in [5.74, 6) is -1.31. The molecule has 1 aromatic rings. The first-order valence-electron chi connectivity index (χ1n) is 10.9. The molecule has 1 aliphatic heterocycles. The van der Waals surface area contributed by atoms with Crippen LogP contribution < -0.4 is 5.32 Å². The monoisotopic (exact) mass is 454 g/mol. The van der Waals surface area contributed by atoms with E-state index < -0.39 is 33.8 Å². The van der Waals surface area contributed by atoms with Gasteiger partial charge in [-0.15, -0.1) is 0 Å². The van der Waals surface area contributed by atoms with E-state index in [0.717, 1.165) is 31.4 Å². The topological polar surface area (TPSA) is 92.8 Å². The van der Waals surface area contributed by atoms with Gasteiger partial charge in [0.1, 0.15) is 5.82 Å². The molecule has 3 atom stereocenters. The van der Waals surface area contributed by atoms with Gasteiger partial charge in [0.2, 0.25) is 10.0 Å². The number of benzene rings is 1. The Hall–Kier alpha value is -2.00. The zero-order valence-electron chi connectivity index (χ0n) is 18.1. The number of ether oxygens (including phenoxy) is 1. The average molecular weight is 455 g/mol. The summed E-state index contributed by atoms with van der Waals surface area (Å²) in [5.41, 5.74) is 0. The SMILES string of the molecule is C[C@H](OC(=O)C1CCN(S(=O)(=O)c2ccc(F)cc2)CC1)C(=O)N[C@@H]1CCCC[C@H]1C. The molecule has 9 heteroatoms. The molecule has 1 aromatic carbocycles. The Morgan fingerprint density at radius 2 is 1.71 bits per heavy atom. The van der Waals surface area contributed by atoms with E-state index in [9.17, 15) is 22.4 Å². The summed E-state index contributed by atoms with van der Waals surface area (Å²) in [4.78, 5) is 25.0. The van der Waals surface area contributed by atoms with Gasteiger partial charge in [0.25, 0.3) is 5.91 Å². The second kappa shape index (κ2) is 10.1. The molecule has 3 rings (SSSR count). The van der Waals surface area contributed by atoms with Gasteiger partial charge in [0, 0.05) is 19.1 Å².